The van der Waals surface area contributed by atoms with Crippen molar-refractivity contribution in [2.45, 2.75) is 18.9 Å². The molecule has 0 spiro atoms. The van der Waals surface area contributed by atoms with Crippen molar-refractivity contribution in [1.29, 1.82) is 0 Å². The summed E-state index contributed by atoms with van der Waals surface area (Å²) in [6.45, 7) is 6.49. The third kappa shape index (κ3) is 8.65. The second-order valence-electron chi connectivity index (χ2n) is 7.18. The van der Waals surface area contributed by atoms with Gasteiger partial charge in [0.05, 0.1) is 19.8 Å². The summed E-state index contributed by atoms with van der Waals surface area (Å²) in [5, 5.41) is 6.92. The van der Waals surface area contributed by atoms with Crippen LogP contribution in [-0.2, 0) is 4.74 Å². The van der Waals surface area contributed by atoms with Gasteiger partial charge in [-0.1, -0.05) is 18.2 Å². The zero-order valence-corrected chi connectivity index (χ0v) is 20.6. The van der Waals surface area contributed by atoms with Gasteiger partial charge >= 0.3 is 0 Å². The lowest BCUT2D eigenvalue weighted by Crippen LogP contribution is -2.44. The Morgan fingerprint density at radius 3 is 2.55 bits per heavy atom. The van der Waals surface area contributed by atoms with E-state index in [9.17, 15) is 0 Å². The van der Waals surface area contributed by atoms with Crippen molar-refractivity contribution < 1.29 is 9.47 Å². The summed E-state index contributed by atoms with van der Waals surface area (Å²) >= 11 is 0. The number of para-hydroxylation sites is 1. The minimum Gasteiger partial charge on any atom is -0.496 e. The fourth-order valence-electron chi connectivity index (χ4n) is 3.57. The van der Waals surface area contributed by atoms with Gasteiger partial charge in [0.25, 0.3) is 0 Å². The lowest BCUT2D eigenvalue weighted by atomic mass is 10.0. The first-order chi connectivity index (χ1) is 13.7. The molecule has 1 unspecified atom stereocenters. The topological polar surface area (TPSA) is 61.4 Å². The van der Waals surface area contributed by atoms with Crippen LogP contribution in [0.15, 0.2) is 29.3 Å². The molecule has 1 heterocycles. The number of ether oxygens (including phenoxy) is 2. The number of rotatable bonds is 11. The molecule has 1 saturated heterocycles. The number of methoxy groups -OCH3 is 2. The average Bonchev–Trinajstić information content (AvgIpc) is 3.26. The van der Waals surface area contributed by atoms with Gasteiger partial charge in [-0.15, -0.1) is 24.0 Å². The molecule has 1 fully saturated rings. The molecule has 2 rings (SSSR count). The monoisotopic (exact) mass is 519 g/mol. The Kier molecular flexibility index (Phi) is 13.2. The maximum Gasteiger partial charge on any atom is 0.191 e. The highest BCUT2D eigenvalue weighted by atomic mass is 127. The molecule has 0 aliphatic carbocycles. The molecule has 1 aliphatic heterocycles. The van der Waals surface area contributed by atoms with Gasteiger partial charge in [0.1, 0.15) is 5.75 Å². The third-order valence-corrected chi connectivity index (χ3v) is 5.23. The van der Waals surface area contributed by atoms with Crippen LogP contribution in [0.5, 0.6) is 5.75 Å². The Bertz CT molecular complexity index is 596. The van der Waals surface area contributed by atoms with Gasteiger partial charge in [-0.05, 0) is 39.0 Å². The van der Waals surface area contributed by atoms with E-state index in [2.05, 4.69) is 44.6 Å². The van der Waals surface area contributed by atoms with E-state index in [0.717, 1.165) is 57.6 Å². The van der Waals surface area contributed by atoms with E-state index < -0.39 is 0 Å². The van der Waals surface area contributed by atoms with Gasteiger partial charge in [-0.25, -0.2) is 0 Å². The Morgan fingerprint density at radius 2 is 1.90 bits per heavy atom. The molecule has 0 aromatic heterocycles. The van der Waals surface area contributed by atoms with Crippen LogP contribution in [0, 0.1) is 0 Å². The fourth-order valence-corrected chi connectivity index (χ4v) is 3.57. The van der Waals surface area contributed by atoms with Crippen LogP contribution in [0.1, 0.15) is 24.4 Å². The molecule has 7 nitrogen and oxygen atoms in total. The molecule has 166 valence electrons. The standard InChI is InChI=1S/C21H37N5O2.HI/c1-22-21(23-11-14-25(2)15-16-27-3)24-17-19(26-12-7-8-13-26)18-9-5-6-10-20(18)28-4;/h5-6,9-10,19H,7-8,11-17H2,1-4H3,(H2,22,23,24);1H. The van der Waals surface area contributed by atoms with Crippen LogP contribution in [0.4, 0.5) is 0 Å². The number of nitrogens with zero attached hydrogens (tertiary/aromatic N) is 3. The van der Waals surface area contributed by atoms with Gasteiger partial charge in [0, 0.05) is 45.9 Å². The second-order valence-corrected chi connectivity index (χ2v) is 7.18. The maximum absolute atomic E-state index is 5.63. The number of hydrogen-bond acceptors (Lipinski definition) is 5. The summed E-state index contributed by atoms with van der Waals surface area (Å²) in [5.41, 5.74) is 1.23. The van der Waals surface area contributed by atoms with Crippen molar-refractivity contribution in [2.75, 3.05) is 74.2 Å². The summed E-state index contributed by atoms with van der Waals surface area (Å²) in [6.07, 6.45) is 2.51. The quantitative estimate of drug-likeness (QED) is 0.266. The first kappa shape index (κ1) is 25.9. The van der Waals surface area contributed by atoms with Crippen molar-refractivity contribution in [3.05, 3.63) is 29.8 Å². The van der Waals surface area contributed by atoms with Crippen LogP contribution >= 0.6 is 24.0 Å². The predicted molar refractivity (Wildman–Crippen MR) is 131 cm³/mol. The fraction of sp³-hybridized carbons (Fsp3) is 0.667. The molecule has 0 bridgehead atoms. The average molecular weight is 519 g/mol. The molecule has 0 saturated carbocycles. The minimum absolute atomic E-state index is 0. The van der Waals surface area contributed by atoms with Crippen LogP contribution < -0.4 is 15.4 Å². The highest BCUT2D eigenvalue weighted by Gasteiger charge is 2.25. The Morgan fingerprint density at radius 1 is 1.17 bits per heavy atom. The zero-order chi connectivity index (χ0) is 20.2. The van der Waals surface area contributed by atoms with Crippen molar-refractivity contribution in [1.82, 2.24) is 20.4 Å². The summed E-state index contributed by atoms with van der Waals surface area (Å²) in [6, 6.07) is 8.59. The van der Waals surface area contributed by atoms with Crippen LogP contribution in [0.3, 0.4) is 0 Å². The largest absolute Gasteiger partial charge is 0.496 e. The third-order valence-electron chi connectivity index (χ3n) is 5.23. The number of hydrogen-bond donors (Lipinski definition) is 2. The number of guanidine groups is 1. The smallest absolute Gasteiger partial charge is 0.191 e. The summed E-state index contributed by atoms with van der Waals surface area (Å²) in [7, 11) is 7.39. The van der Waals surface area contributed by atoms with Crippen molar-refractivity contribution >= 4 is 29.9 Å². The molecule has 1 aromatic carbocycles. The SMILES string of the molecule is CN=C(NCCN(C)CCOC)NCC(c1ccccc1OC)N1CCCC1.I. The summed E-state index contributed by atoms with van der Waals surface area (Å²) in [4.78, 5) is 9.16. The second kappa shape index (κ2) is 14.8. The minimum atomic E-state index is 0. The first-order valence-electron chi connectivity index (χ1n) is 10.2. The molecule has 1 aliphatic rings. The van der Waals surface area contributed by atoms with Crippen LogP contribution in [0.2, 0.25) is 0 Å². The van der Waals surface area contributed by atoms with Gasteiger partial charge in [-0.2, -0.15) is 0 Å². The van der Waals surface area contributed by atoms with Crippen molar-refractivity contribution in [3.63, 3.8) is 0 Å². The predicted octanol–water partition coefficient (Wildman–Crippen LogP) is 2.19. The molecule has 2 N–H and O–H groups in total. The molecule has 0 radical (unpaired) electrons. The number of halogens is 1. The molecule has 29 heavy (non-hydrogen) atoms. The molecular weight excluding hydrogens is 481 g/mol. The van der Waals surface area contributed by atoms with E-state index in [1.165, 1.54) is 18.4 Å². The number of benzene rings is 1. The van der Waals surface area contributed by atoms with Gasteiger partial charge in [-0.3, -0.25) is 9.89 Å². The van der Waals surface area contributed by atoms with Crippen LogP contribution in [-0.4, -0.2) is 89.9 Å². The van der Waals surface area contributed by atoms with E-state index >= 15 is 0 Å². The highest BCUT2D eigenvalue weighted by molar-refractivity contribution is 14.0. The molecule has 1 atom stereocenters. The lowest BCUT2D eigenvalue weighted by molar-refractivity contribution is 0.162. The number of likely N-dealkylation sites (N-methyl/N-ethyl adjacent to an activating group) is 1. The van der Waals surface area contributed by atoms with Crippen molar-refractivity contribution in [3.8, 4) is 5.75 Å². The Hall–Kier alpha value is -1.10. The Labute approximate surface area is 193 Å². The molecule has 0 amide bonds. The first-order valence-corrected chi connectivity index (χ1v) is 10.2. The Balaban J connectivity index is 0.00000420. The lowest BCUT2D eigenvalue weighted by Gasteiger charge is -2.30. The number of likely N-dealkylation sites (tertiary alicyclic amines) is 1. The van der Waals surface area contributed by atoms with E-state index in [1.807, 2.05) is 19.2 Å². The molecular formula is C21H38IN5O2. The van der Waals surface area contributed by atoms with Gasteiger partial charge in [0.15, 0.2) is 5.96 Å². The molecule has 8 heteroatoms. The van der Waals surface area contributed by atoms with Crippen LogP contribution in [0.25, 0.3) is 0 Å². The van der Waals surface area contributed by atoms with Crippen molar-refractivity contribution in [2.24, 2.45) is 4.99 Å². The van der Waals surface area contributed by atoms with Gasteiger partial charge < -0.3 is 25.0 Å². The maximum atomic E-state index is 5.63. The van der Waals surface area contributed by atoms with E-state index in [1.54, 1.807) is 14.2 Å². The van der Waals surface area contributed by atoms with Gasteiger partial charge in [0.2, 0.25) is 0 Å². The molecule has 1 aromatic rings. The number of nitrogens with one attached hydrogen (secondary N) is 2. The summed E-state index contributed by atoms with van der Waals surface area (Å²) in [5.74, 6) is 1.78. The van der Waals surface area contributed by atoms with E-state index in [0.29, 0.717) is 0 Å². The normalized spacial score (nSPS) is 15.8. The van der Waals surface area contributed by atoms with E-state index in [4.69, 9.17) is 9.47 Å². The zero-order valence-electron chi connectivity index (χ0n) is 18.3. The number of aliphatic imine (C=N–C) groups is 1. The highest BCUT2D eigenvalue weighted by Crippen LogP contribution is 2.31. The summed E-state index contributed by atoms with van der Waals surface area (Å²) < 4.78 is 10.7. The van der Waals surface area contributed by atoms with E-state index in [-0.39, 0.29) is 30.0 Å².